The van der Waals surface area contributed by atoms with E-state index < -0.39 is 0 Å². The van der Waals surface area contributed by atoms with E-state index in [-0.39, 0.29) is 12.5 Å². The zero-order valence-corrected chi connectivity index (χ0v) is 12.7. The SMILES string of the molecule is Cc1ccc(-n2ccnc2)c(C(=O)NCCCOCCO)c1. The van der Waals surface area contributed by atoms with Crippen LogP contribution in [0.15, 0.2) is 36.9 Å². The number of hydrogen-bond donors (Lipinski definition) is 2. The first kappa shape index (κ1) is 16.2. The summed E-state index contributed by atoms with van der Waals surface area (Å²) in [7, 11) is 0. The Morgan fingerprint density at radius 1 is 1.41 bits per heavy atom. The fourth-order valence-electron chi connectivity index (χ4n) is 2.10. The van der Waals surface area contributed by atoms with Crippen LogP contribution < -0.4 is 5.32 Å². The number of carbonyl (C=O) groups is 1. The van der Waals surface area contributed by atoms with Crippen molar-refractivity contribution in [3.63, 3.8) is 0 Å². The van der Waals surface area contributed by atoms with E-state index in [1.807, 2.05) is 35.9 Å². The van der Waals surface area contributed by atoms with Crippen molar-refractivity contribution in [2.45, 2.75) is 13.3 Å². The lowest BCUT2D eigenvalue weighted by molar-refractivity contribution is 0.0867. The maximum atomic E-state index is 12.4. The molecule has 22 heavy (non-hydrogen) atoms. The molecule has 118 valence electrons. The summed E-state index contributed by atoms with van der Waals surface area (Å²) in [6.07, 6.45) is 5.87. The number of aryl methyl sites for hydroxylation is 1. The van der Waals surface area contributed by atoms with E-state index in [1.165, 1.54) is 0 Å². The van der Waals surface area contributed by atoms with Crippen molar-refractivity contribution in [3.8, 4) is 5.69 Å². The molecule has 0 saturated carbocycles. The minimum atomic E-state index is -0.116. The topological polar surface area (TPSA) is 76.4 Å². The van der Waals surface area contributed by atoms with Gasteiger partial charge in [-0.15, -0.1) is 0 Å². The van der Waals surface area contributed by atoms with Gasteiger partial charge in [-0.3, -0.25) is 4.79 Å². The maximum absolute atomic E-state index is 12.4. The molecule has 1 aromatic carbocycles. The fourth-order valence-corrected chi connectivity index (χ4v) is 2.10. The highest BCUT2D eigenvalue weighted by Crippen LogP contribution is 2.16. The molecular weight excluding hydrogens is 282 g/mol. The third kappa shape index (κ3) is 4.41. The smallest absolute Gasteiger partial charge is 0.253 e. The van der Waals surface area contributed by atoms with Crippen LogP contribution in [-0.4, -0.2) is 46.9 Å². The molecule has 0 atom stereocenters. The Labute approximate surface area is 129 Å². The molecule has 0 bridgehead atoms. The number of aliphatic hydroxyl groups is 1. The number of rotatable bonds is 8. The largest absolute Gasteiger partial charge is 0.394 e. The Kier molecular flexibility index (Phi) is 6.12. The zero-order valence-electron chi connectivity index (χ0n) is 12.7. The molecule has 1 amide bonds. The number of nitrogens with one attached hydrogen (secondary N) is 1. The van der Waals surface area contributed by atoms with Crippen LogP contribution in [0.4, 0.5) is 0 Å². The normalized spacial score (nSPS) is 10.6. The first-order valence-corrected chi connectivity index (χ1v) is 7.28. The third-order valence-electron chi connectivity index (χ3n) is 3.17. The highest BCUT2D eigenvalue weighted by molar-refractivity contribution is 5.98. The van der Waals surface area contributed by atoms with Gasteiger partial charge < -0.3 is 19.7 Å². The molecular formula is C16H21N3O3. The highest BCUT2D eigenvalue weighted by atomic mass is 16.5. The molecule has 0 aliphatic rings. The first-order chi connectivity index (χ1) is 10.7. The minimum absolute atomic E-state index is 0.0178. The summed E-state index contributed by atoms with van der Waals surface area (Å²) < 4.78 is 6.98. The Morgan fingerprint density at radius 2 is 2.27 bits per heavy atom. The van der Waals surface area contributed by atoms with Crippen LogP contribution in [0.2, 0.25) is 0 Å². The van der Waals surface area contributed by atoms with Gasteiger partial charge in [0.2, 0.25) is 0 Å². The average Bonchev–Trinajstić information content (AvgIpc) is 3.04. The Morgan fingerprint density at radius 3 is 3.00 bits per heavy atom. The summed E-state index contributed by atoms with van der Waals surface area (Å²) in [5.41, 5.74) is 2.45. The van der Waals surface area contributed by atoms with Crippen molar-refractivity contribution in [2.24, 2.45) is 0 Å². The lowest BCUT2D eigenvalue weighted by Crippen LogP contribution is -2.26. The predicted octanol–water partition coefficient (Wildman–Crippen LogP) is 1.31. The number of hydrogen-bond acceptors (Lipinski definition) is 4. The van der Waals surface area contributed by atoms with E-state index >= 15 is 0 Å². The Hall–Kier alpha value is -2.18. The molecule has 1 aromatic heterocycles. The monoisotopic (exact) mass is 303 g/mol. The number of imidazole rings is 1. The standard InChI is InChI=1S/C16H21N3O3/c1-13-3-4-15(19-7-6-17-12-19)14(11-13)16(21)18-5-2-9-22-10-8-20/h3-4,6-7,11-12,20H,2,5,8-10H2,1H3,(H,18,21). The van der Waals surface area contributed by atoms with Crippen molar-refractivity contribution >= 4 is 5.91 Å². The molecule has 6 nitrogen and oxygen atoms in total. The molecule has 2 rings (SSSR count). The average molecular weight is 303 g/mol. The third-order valence-corrected chi connectivity index (χ3v) is 3.17. The van der Waals surface area contributed by atoms with Gasteiger partial charge in [0.05, 0.1) is 30.8 Å². The fraction of sp³-hybridized carbons (Fsp3) is 0.375. The summed E-state index contributed by atoms with van der Waals surface area (Å²) in [5, 5.41) is 11.5. The number of carbonyl (C=O) groups excluding carboxylic acids is 1. The van der Waals surface area contributed by atoms with E-state index in [1.54, 1.807) is 12.5 Å². The van der Waals surface area contributed by atoms with Gasteiger partial charge in [-0.1, -0.05) is 11.6 Å². The van der Waals surface area contributed by atoms with Crippen LogP contribution in [0.5, 0.6) is 0 Å². The lowest BCUT2D eigenvalue weighted by atomic mass is 10.1. The number of aromatic nitrogens is 2. The molecule has 2 aromatic rings. The minimum Gasteiger partial charge on any atom is -0.394 e. The second-order valence-corrected chi connectivity index (χ2v) is 4.94. The van der Waals surface area contributed by atoms with Crippen LogP contribution in [0.25, 0.3) is 5.69 Å². The molecule has 0 fully saturated rings. The van der Waals surface area contributed by atoms with Gasteiger partial charge in [0.25, 0.3) is 5.91 Å². The van der Waals surface area contributed by atoms with E-state index in [0.717, 1.165) is 11.3 Å². The summed E-state index contributed by atoms with van der Waals surface area (Å²) in [5.74, 6) is -0.116. The molecule has 0 saturated heterocycles. The second-order valence-electron chi connectivity index (χ2n) is 4.94. The van der Waals surface area contributed by atoms with E-state index in [4.69, 9.17) is 9.84 Å². The van der Waals surface area contributed by atoms with Gasteiger partial charge in [0.15, 0.2) is 0 Å². The van der Waals surface area contributed by atoms with Gasteiger partial charge in [0.1, 0.15) is 0 Å². The van der Waals surface area contributed by atoms with E-state index in [0.29, 0.717) is 31.7 Å². The molecule has 6 heteroatoms. The number of ether oxygens (including phenoxy) is 1. The number of amides is 1. The van der Waals surface area contributed by atoms with Crippen molar-refractivity contribution in [1.29, 1.82) is 0 Å². The van der Waals surface area contributed by atoms with Crippen molar-refractivity contribution in [1.82, 2.24) is 14.9 Å². The predicted molar refractivity (Wildman–Crippen MR) is 83.2 cm³/mol. The van der Waals surface area contributed by atoms with Gasteiger partial charge in [0, 0.05) is 25.5 Å². The molecule has 0 radical (unpaired) electrons. The van der Waals surface area contributed by atoms with Crippen LogP contribution in [0, 0.1) is 6.92 Å². The van der Waals surface area contributed by atoms with Crippen LogP contribution in [-0.2, 0) is 4.74 Å². The molecule has 1 heterocycles. The van der Waals surface area contributed by atoms with E-state index in [2.05, 4.69) is 10.3 Å². The highest BCUT2D eigenvalue weighted by Gasteiger charge is 2.12. The zero-order chi connectivity index (χ0) is 15.8. The van der Waals surface area contributed by atoms with Crippen LogP contribution >= 0.6 is 0 Å². The quantitative estimate of drug-likeness (QED) is 0.721. The van der Waals surface area contributed by atoms with Gasteiger partial charge in [-0.05, 0) is 25.5 Å². The molecule has 0 aliphatic carbocycles. The van der Waals surface area contributed by atoms with Gasteiger partial charge >= 0.3 is 0 Å². The van der Waals surface area contributed by atoms with Crippen LogP contribution in [0.1, 0.15) is 22.3 Å². The summed E-state index contributed by atoms with van der Waals surface area (Å²) in [6.45, 7) is 3.35. The molecule has 0 spiro atoms. The first-order valence-electron chi connectivity index (χ1n) is 7.28. The summed E-state index contributed by atoms with van der Waals surface area (Å²) >= 11 is 0. The number of benzene rings is 1. The maximum Gasteiger partial charge on any atom is 0.253 e. The Balaban J connectivity index is 1.98. The molecule has 0 unspecified atom stereocenters. The van der Waals surface area contributed by atoms with Crippen LogP contribution in [0.3, 0.4) is 0 Å². The molecule has 0 aliphatic heterocycles. The summed E-state index contributed by atoms with van der Waals surface area (Å²) in [6, 6.07) is 5.75. The van der Waals surface area contributed by atoms with E-state index in [9.17, 15) is 4.79 Å². The van der Waals surface area contributed by atoms with Crippen molar-refractivity contribution < 1.29 is 14.6 Å². The summed E-state index contributed by atoms with van der Waals surface area (Å²) in [4.78, 5) is 16.4. The Bertz CT molecular complexity index is 597. The number of aliphatic hydroxyl groups excluding tert-OH is 1. The number of nitrogens with zero attached hydrogens (tertiary/aromatic N) is 2. The lowest BCUT2D eigenvalue weighted by Gasteiger charge is -2.12. The van der Waals surface area contributed by atoms with Gasteiger partial charge in [-0.25, -0.2) is 4.98 Å². The van der Waals surface area contributed by atoms with Crippen molar-refractivity contribution in [3.05, 3.63) is 48.0 Å². The second kappa shape index (κ2) is 8.31. The van der Waals surface area contributed by atoms with Gasteiger partial charge in [-0.2, -0.15) is 0 Å². The van der Waals surface area contributed by atoms with Crippen molar-refractivity contribution in [2.75, 3.05) is 26.4 Å². The molecule has 2 N–H and O–H groups in total.